The summed E-state index contributed by atoms with van der Waals surface area (Å²) in [6.45, 7) is 3.95. The Morgan fingerprint density at radius 3 is 3.00 bits per heavy atom. The van der Waals surface area contributed by atoms with Crippen LogP contribution in [-0.4, -0.2) is 35.3 Å². The first kappa shape index (κ1) is 18.9. The topological polar surface area (TPSA) is 69.9 Å². The van der Waals surface area contributed by atoms with Crippen molar-refractivity contribution in [3.8, 4) is 28.7 Å². The summed E-state index contributed by atoms with van der Waals surface area (Å²) in [6, 6.07) is 8.30. The zero-order valence-corrected chi connectivity index (χ0v) is 17.3. The number of fused-ring (bicyclic) bond motifs is 1. The highest BCUT2D eigenvalue weighted by atomic mass is 16.7. The van der Waals surface area contributed by atoms with Crippen LogP contribution in [-0.2, 0) is 6.54 Å². The van der Waals surface area contributed by atoms with Crippen LogP contribution in [0.4, 0.5) is 0 Å². The maximum absolute atomic E-state index is 6.04. The largest absolute Gasteiger partial charge is 0.493 e. The molecule has 7 heteroatoms. The normalized spacial score (nSPS) is 18.5. The van der Waals surface area contributed by atoms with Gasteiger partial charge in [-0.15, -0.1) is 0 Å². The van der Waals surface area contributed by atoms with Gasteiger partial charge in [0.25, 0.3) is 0 Å². The molecule has 30 heavy (non-hydrogen) atoms. The number of piperidine rings is 1. The zero-order valence-electron chi connectivity index (χ0n) is 17.3. The van der Waals surface area contributed by atoms with Crippen molar-refractivity contribution < 1.29 is 18.6 Å². The maximum atomic E-state index is 6.04. The summed E-state index contributed by atoms with van der Waals surface area (Å²) in [6.07, 6.45) is 7.36. The monoisotopic (exact) mass is 407 g/mol. The van der Waals surface area contributed by atoms with Crippen LogP contribution in [0.2, 0.25) is 0 Å². The van der Waals surface area contributed by atoms with E-state index in [-0.39, 0.29) is 6.79 Å². The molecule has 0 N–H and O–H groups in total. The molecule has 1 atom stereocenters. The number of nitrogens with zero attached hydrogens (tertiary/aromatic N) is 3. The van der Waals surface area contributed by atoms with E-state index in [1.165, 1.54) is 18.4 Å². The lowest BCUT2D eigenvalue weighted by atomic mass is 9.96. The van der Waals surface area contributed by atoms with Crippen LogP contribution in [0, 0.1) is 6.92 Å². The molecule has 0 amide bonds. The van der Waals surface area contributed by atoms with Gasteiger partial charge in [0.1, 0.15) is 5.76 Å². The lowest BCUT2D eigenvalue weighted by Crippen LogP contribution is -2.33. The van der Waals surface area contributed by atoms with Crippen LogP contribution in [0.5, 0.6) is 17.2 Å². The molecule has 0 bridgehead atoms. The highest BCUT2D eigenvalue weighted by Gasteiger charge is 2.27. The van der Waals surface area contributed by atoms with E-state index in [4.69, 9.17) is 23.6 Å². The lowest BCUT2D eigenvalue weighted by molar-refractivity contribution is 0.138. The number of rotatable bonds is 5. The van der Waals surface area contributed by atoms with E-state index in [0.717, 1.165) is 36.5 Å². The first-order chi connectivity index (χ1) is 14.7. The molecule has 0 spiro atoms. The molecule has 7 nitrogen and oxygen atoms in total. The number of aromatic nitrogens is 2. The van der Waals surface area contributed by atoms with Gasteiger partial charge in [0, 0.05) is 30.5 Å². The average molecular weight is 407 g/mol. The second-order valence-electron chi connectivity index (χ2n) is 7.70. The molecule has 5 rings (SSSR count). The fourth-order valence-corrected chi connectivity index (χ4v) is 4.27. The molecule has 2 aliphatic rings. The van der Waals surface area contributed by atoms with Gasteiger partial charge in [0.15, 0.2) is 11.5 Å². The summed E-state index contributed by atoms with van der Waals surface area (Å²) in [5.41, 5.74) is 3.03. The maximum Gasteiger partial charge on any atom is 0.231 e. The molecule has 0 aliphatic carbocycles. The van der Waals surface area contributed by atoms with Gasteiger partial charge in [-0.1, -0.05) is 12.5 Å². The number of pyridine rings is 1. The van der Waals surface area contributed by atoms with Crippen molar-refractivity contribution in [1.29, 1.82) is 0 Å². The molecule has 0 saturated carbocycles. The van der Waals surface area contributed by atoms with Gasteiger partial charge in [-0.3, -0.25) is 9.88 Å². The van der Waals surface area contributed by atoms with Crippen LogP contribution in [0.15, 0.2) is 41.1 Å². The predicted molar refractivity (Wildman–Crippen MR) is 111 cm³/mol. The highest BCUT2D eigenvalue weighted by molar-refractivity contribution is 5.66. The molecular weight excluding hydrogens is 382 g/mol. The number of oxazole rings is 1. The third kappa shape index (κ3) is 3.50. The Hall–Kier alpha value is -3.06. The number of hydrogen-bond donors (Lipinski definition) is 0. The number of ether oxygens (including phenoxy) is 3. The first-order valence-corrected chi connectivity index (χ1v) is 10.3. The number of benzene rings is 1. The number of likely N-dealkylation sites (tertiary alicyclic amines) is 1. The van der Waals surface area contributed by atoms with Gasteiger partial charge in [-0.25, -0.2) is 4.98 Å². The van der Waals surface area contributed by atoms with Gasteiger partial charge in [-0.2, -0.15) is 0 Å². The third-order valence-corrected chi connectivity index (χ3v) is 5.83. The van der Waals surface area contributed by atoms with E-state index in [0.29, 0.717) is 29.2 Å². The standard InChI is InChI=1S/C23H25N3O4/c1-15-18(13-26-9-4-3-7-19(26)16-6-5-8-24-12-16)25-23(30-15)17-10-20(27-2)22-21(11-17)28-14-29-22/h5-6,8,10-12,19H,3-4,7,9,13-14H2,1-2H3. The summed E-state index contributed by atoms with van der Waals surface area (Å²) in [4.78, 5) is 11.6. The van der Waals surface area contributed by atoms with Gasteiger partial charge < -0.3 is 18.6 Å². The van der Waals surface area contributed by atoms with Gasteiger partial charge in [0.05, 0.1) is 12.8 Å². The van der Waals surface area contributed by atoms with E-state index in [2.05, 4.69) is 16.0 Å². The molecule has 2 aromatic heterocycles. The second kappa shape index (κ2) is 7.99. The summed E-state index contributed by atoms with van der Waals surface area (Å²) >= 11 is 0. The molecular formula is C23H25N3O4. The Kier molecular flexibility index (Phi) is 5.04. The quantitative estimate of drug-likeness (QED) is 0.616. The smallest absolute Gasteiger partial charge is 0.231 e. The van der Waals surface area contributed by atoms with Crippen LogP contribution in [0.25, 0.3) is 11.5 Å². The van der Waals surface area contributed by atoms with E-state index < -0.39 is 0 Å². The fourth-order valence-electron chi connectivity index (χ4n) is 4.27. The molecule has 1 fully saturated rings. The Morgan fingerprint density at radius 2 is 2.17 bits per heavy atom. The first-order valence-electron chi connectivity index (χ1n) is 10.3. The molecule has 1 aromatic carbocycles. The van der Waals surface area contributed by atoms with Crippen molar-refractivity contribution in [2.75, 3.05) is 20.4 Å². The van der Waals surface area contributed by atoms with Gasteiger partial charge in [0.2, 0.25) is 18.4 Å². The number of hydrogen-bond acceptors (Lipinski definition) is 7. The minimum atomic E-state index is 0.190. The van der Waals surface area contributed by atoms with Crippen molar-refractivity contribution in [2.24, 2.45) is 0 Å². The zero-order chi connectivity index (χ0) is 20.5. The molecule has 1 unspecified atom stereocenters. The van der Waals surface area contributed by atoms with Gasteiger partial charge >= 0.3 is 0 Å². The van der Waals surface area contributed by atoms with E-state index >= 15 is 0 Å². The molecule has 1 saturated heterocycles. The van der Waals surface area contributed by atoms with E-state index in [9.17, 15) is 0 Å². The number of aryl methyl sites for hydroxylation is 1. The van der Waals surface area contributed by atoms with Crippen LogP contribution in [0.3, 0.4) is 0 Å². The molecule has 156 valence electrons. The van der Waals surface area contributed by atoms with Crippen LogP contribution >= 0.6 is 0 Å². The third-order valence-electron chi connectivity index (χ3n) is 5.83. The van der Waals surface area contributed by atoms with Crippen molar-refractivity contribution in [3.63, 3.8) is 0 Å². The van der Waals surface area contributed by atoms with Crippen molar-refractivity contribution in [3.05, 3.63) is 53.7 Å². The molecule has 4 heterocycles. The van der Waals surface area contributed by atoms with Crippen molar-refractivity contribution in [1.82, 2.24) is 14.9 Å². The minimum Gasteiger partial charge on any atom is -0.493 e. The molecule has 3 aromatic rings. The summed E-state index contributed by atoms with van der Waals surface area (Å²) < 4.78 is 22.5. The van der Waals surface area contributed by atoms with Crippen LogP contribution in [0.1, 0.15) is 42.3 Å². The predicted octanol–water partition coefficient (Wildman–Crippen LogP) is 4.51. The Balaban J connectivity index is 1.42. The van der Waals surface area contributed by atoms with Gasteiger partial charge in [-0.05, 0) is 50.1 Å². The van der Waals surface area contributed by atoms with Crippen molar-refractivity contribution >= 4 is 0 Å². The average Bonchev–Trinajstić information content (AvgIpc) is 3.41. The Bertz CT molecular complexity index is 1030. The van der Waals surface area contributed by atoms with Crippen LogP contribution < -0.4 is 14.2 Å². The summed E-state index contributed by atoms with van der Waals surface area (Å²) in [5, 5.41) is 0. The van der Waals surface area contributed by atoms with E-state index in [1.54, 1.807) is 7.11 Å². The minimum absolute atomic E-state index is 0.190. The van der Waals surface area contributed by atoms with Crippen molar-refractivity contribution in [2.45, 2.75) is 38.8 Å². The summed E-state index contributed by atoms with van der Waals surface area (Å²) in [7, 11) is 1.61. The fraction of sp³-hybridized carbons (Fsp3) is 0.391. The highest BCUT2D eigenvalue weighted by Crippen LogP contribution is 2.44. The Labute approximate surface area is 175 Å². The molecule has 2 aliphatic heterocycles. The second-order valence-corrected chi connectivity index (χ2v) is 7.70. The Morgan fingerprint density at radius 1 is 1.23 bits per heavy atom. The summed E-state index contributed by atoms with van der Waals surface area (Å²) in [5.74, 6) is 3.28. The van der Waals surface area contributed by atoms with E-state index in [1.807, 2.05) is 37.5 Å². The molecule has 0 radical (unpaired) electrons. The lowest BCUT2D eigenvalue weighted by Gasteiger charge is -2.35. The number of methoxy groups -OCH3 is 1. The SMILES string of the molecule is COc1cc(-c2nc(CN3CCCCC3c3cccnc3)c(C)o2)cc2c1OCO2.